The Labute approximate surface area is 151 Å². The molecule has 0 aliphatic carbocycles. The van der Waals surface area contributed by atoms with Crippen LogP contribution in [0, 0.1) is 0 Å². The van der Waals surface area contributed by atoms with Crippen LogP contribution in [0.4, 0.5) is 5.69 Å². The molecule has 1 aromatic carbocycles. The number of hydrogen-bond acceptors (Lipinski definition) is 5. The molecule has 1 amide bonds. The van der Waals surface area contributed by atoms with Crippen LogP contribution in [0.25, 0.3) is 0 Å². The molecule has 1 aromatic heterocycles. The lowest BCUT2D eigenvalue weighted by atomic mass is 10.1. The first-order chi connectivity index (χ1) is 12.0. The van der Waals surface area contributed by atoms with E-state index >= 15 is 0 Å². The zero-order valence-electron chi connectivity index (χ0n) is 13.6. The molecule has 1 fully saturated rings. The fourth-order valence-corrected chi connectivity index (χ4v) is 4.71. The van der Waals surface area contributed by atoms with Gasteiger partial charge in [0.05, 0.1) is 6.10 Å². The maximum Gasteiger partial charge on any atom is 0.271 e. The van der Waals surface area contributed by atoms with E-state index in [0.717, 1.165) is 37.2 Å². The molecule has 0 bridgehead atoms. The summed E-state index contributed by atoms with van der Waals surface area (Å²) in [6.07, 6.45) is 3.13. The van der Waals surface area contributed by atoms with E-state index in [1.54, 1.807) is 29.6 Å². The fraction of sp³-hybridized carbons (Fsp3) is 0.353. The molecule has 8 heteroatoms. The van der Waals surface area contributed by atoms with Gasteiger partial charge in [0.25, 0.3) is 15.9 Å². The molecule has 3 rings (SSSR count). The van der Waals surface area contributed by atoms with E-state index in [2.05, 4.69) is 10.0 Å². The molecule has 0 saturated carbocycles. The maximum atomic E-state index is 12.2. The third-order valence-corrected chi connectivity index (χ3v) is 6.69. The van der Waals surface area contributed by atoms with Crippen LogP contribution in [0.1, 0.15) is 29.6 Å². The monoisotopic (exact) mass is 380 g/mol. The van der Waals surface area contributed by atoms with Crippen molar-refractivity contribution in [3.8, 4) is 0 Å². The van der Waals surface area contributed by atoms with Gasteiger partial charge in [-0.15, -0.1) is 11.3 Å². The molecule has 2 aromatic rings. The number of anilines is 1. The van der Waals surface area contributed by atoms with Gasteiger partial charge in [0, 0.05) is 24.4 Å². The summed E-state index contributed by atoms with van der Waals surface area (Å²) in [6, 6.07) is 9.68. The SMILES string of the molecule is O=C(NCCC1CCCO1)c1cccc(NS(=O)(=O)c2cccs2)c1. The van der Waals surface area contributed by atoms with Gasteiger partial charge in [0.2, 0.25) is 0 Å². The highest BCUT2D eigenvalue weighted by atomic mass is 32.2. The summed E-state index contributed by atoms with van der Waals surface area (Å²) < 4.78 is 32.8. The Morgan fingerprint density at radius 3 is 2.88 bits per heavy atom. The van der Waals surface area contributed by atoms with Gasteiger partial charge in [0.15, 0.2) is 0 Å². The highest BCUT2D eigenvalue weighted by molar-refractivity contribution is 7.94. The predicted octanol–water partition coefficient (Wildman–Crippen LogP) is 2.85. The average Bonchev–Trinajstić information content (AvgIpc) is 3.28. The molecule has 0 spiro atoms. The average molecular weight is 380 g/mol. The molecule has 6 nitrogen and oxygen atoms in total. The minimum absolute atomic E-state index is 0.226. The lowest BCUT2D eigenvalue weighted by Crippen LogP contribution is -2.27. The third-order valence-electron chi connectivity index (χ3n) is 3.91. The number of amides is 1. The molecule has 1 saturated heterocycles. The minimum atomic E-state index is -3.62. The summed E-state index contributed by atoms with van der Waals surface area (Å²) in [5, 5.41) is 4.55. The van der Waals surface area contributed by atoms with Crippen LogP contribution < -0.4 is 10.0 Å². The van der Waals surface area contributed by atoms with E-state index in [0.29, 0.717) is 17.8 Å². The lowest BCUT2D eigenvalue weighted by molar-refractivity contribution is 0.0907. The lowest BCUT2D eigenvalue weighted by Gasteiger charge is -2.11. The van der Waals surface area contributed by atoms with Crippen molar-refractivity contribution >= 4 is 33.0 Å². The molecule has 2 heterocycles. The number of benzene rings is 1. The van der Waals surface area contributed by atoms with Crippen LogP contribution in [0.3, 0.4) is 0 Å². The van der Waals surface area contributed by atoms with Crippen LogP contribution >= 0.6 is 11.3 Å². The first-order valence-corrected chi connectivity index (χ1v) is 10.5. The van der Waals surface area contributed by atoms with Crippen molar-refractivity contribution in [2.75, 3.05) is 17.9 Å². The molecule has 1 atom stereocenters. The van der Waals surface area contributed by atoms with Gasteiger partial charge in [-0.05, 0) is 48.9 Å². The predicted molar refractivity (Wildman–Crippen MR) is 97.5 cm³/mol. The normalized spacial score (nSPS) is 17.4. The smallest absolute Gasteiger partial charge is 0.271 e. The minimum Gasteiger partial charge on any atom is -0.378 e. The molecule has 1 aliphatic rings. The van der Waals surface area contributed by atoms with Gasteiger partial charge in [0.1, 0.15) is 4.21 Å². The highest BCUT2D eigenvalue weighted by Crippen LogP contribution is 2.21. The van der Waals surface area contributed by atoms with Crippen molar-refractivity contribution in [1.29, 1.82) is 0 Å². The van der Waals surface area contributed by atoms with E-state index in [1.807, 2.05) is 0 Å². The quantitative estimate of drug-likeness (QED) is 0.774. The zero-order valence-corrected chi connectivity index (χ0v) is 15.2. The molecule has 2 N–H and O–H groups in total. The van der Waals surface area contributed by atoms with Crippen molar-refractivity contribution in [3.05, 3.63) is 47.3 Å². The number of nitrogens with one attached hydrogen (secondary N) is 2. The van der Waals surface area contributed by atoms with Gasteiger partial charge in [-0.3, -0.25) is 9.52 Å². The van der Waals surface area contributed by atoms with E-state index in [9.17, 15) is 13.2 Å². The Balaban J connectivity index is 1.59. The van der Waals surface area contributed by atoms with Gasteiger partial charge < -0.3 is 10.1 Å². The Kier molecular flexibility index (Phi) is 5.72. The standard InChI is InChI=1S/C17H20N2O4S2/c20-17(18-9-8-15-6-2-10-23-15)13-4-1-5-14(12-13)19-25(21,22)16-7-3-11-24-16/h1,3-5,7,11-12,15,19H,2,6,8-10H2,(H,18,20). The number of rotatable bonds is 7. The first kappa shape index (κ1) is 17.9. The molecule has 1 aliphatic heterocycles. The molecular formula is C17H20N2O4S2. The van der Waals surface area contributed by atoms with E-state index < -0.39 is 10.0 Å². The number of carbonyl (C=O) groups is 1. The first-order valence-electron chi connectivity index (χ1n) is 8.11. The summed E-state index contributed by atoms with van der Waals surface area (Å²) in [5.74, 6) is -0.227. The Morgan fingerprint density at radius 2 is 2.16 bits per heavy atom. The molecule has 25 heavy (non-hydrogen) atoms. The van der Waals surface area contributed by atoms with Crippen molar-refractivity contribution < 1.29 is 17.9 Å². The van der Waals surface area contributed by atoms with Gasteiger partial charge in [-0.25, -0.2) is 8.42 Å². The summed E-state index contributed by atoms with van der Waals surface area (Å²) >= 11 is 1.14. The van der Waals surface area contributed by atoms with E-state index in [4.69, 9.17) is 4.74 Å². The molecular weight excluding hydrogens is 360 g/mol. The molecule has 134 valence electrons. The van der Waals surface area contributed by atoms with Crippen molar-refractivity contribution in [2.24, 2.45) is 0 Å². The summed E-state index contributed by atoms with van der Waals surface area (Å²) in [6.45, 7) is 1.33. The number of carbonyl (C=O) groups excluding carboxylic acids is 1. The van der Waals surface area contributed by atoms with Gasteiger partial charge >= 0.3 is 0 Å². The van der Waals surface area contributed by atoms with Gasteiger partial charge in [-0.2, -0.15) is 0 Å². The summed E-state index contributed by atoms with van der Waals surface area (Å²) in [7, 11) is -3.62. The van der Waals surface area contributed by atoms with Crippen molar-refractivity contribution in [2.45, 2.75) is 29.6 Å². The molecule has 1 unspecified atom stereocenters. The highest BCUT2D eigenvalue weighted by Gasteiger charge is 2.17. The number of hydrogen-bond donors (Lipinski definition) is 2. The summed E-state index contributed by atoms with van der Waals surface area (Å²) in [5.41, 5.74) is 0.777. The Bertz CT molecular complexity index is 813. The van der Waals surface area contributed by atoms with Crippen molar-refractivity contribution in [3.63, 3.8) is 0 Å². The topological polar surface area (TPSA) is 84.5 Å². The van der Waals surface area contributed by atoms with E-state index in [1.165, 1.54) is 12.1 Å². The summed E-state index contributed by atoms with van der Waals surface area (Å²) in [4.78, 5) is 12.2. The maximum absolute atomic E-state index is 12.2. The van der Waals surface area contributed by atoms with E-state index in [-0.39, 0.29) is 16.2 Å². The van der Waals surface area contributed by atoms with Crippen LogP contribution in [0.2, 0.25) is 0 Å². The number of thiophene rings is 1. The van der Waals surface area contributed by atoms with Crippen LogP contribution in [0.15, 0.2) is 46.0 Å². The van der Waals surface area contributed by atoms with Crippen LogP contribution in [0.5, 0.6) is 0 Å². The van der Waals surface area contributed by atoms with Gasteiger partial charge in [-0.1, -0.05) is 12.1 Å². The third kappa shape index (κ3) is 4.81. The zero-order chi connectivity index (χ0) is 17.7. The molecule has 0 radical (unpaired) electrons. The second kappa shape index (κ2) is 7.99. The largest absolute Gasteiger partial charge is 0.378 e. The van der Waals surface area contributed by atoms with Crippen LogP contribution in [-0.2, 0) is 14.8 Å². The second-order valence-electron chi connectivity index (χ2n) is 5.80. The number of ether oxygens (including phenoxy) is 1. The Hall–Kier alpha value is -1.90. The van der Waals surface area contributed by atoms with Crippen molar-refractivity contribution in [1.82, 2.24) is 5.32 Å². The second-order valence-corrected chi connectivity index (χ2v) is 8.65. The fourth-order valence-electron chi connectivity index (χ4n) is 2.67. The van der Waals surface area contributed by atoms with Crippen LogP contribution in [-0.4, -0.2) is 33.6 Å². The Morgan fingerprint density at radius 1 is 1.28 bits per heavy atom. The number of sulfonamides is 1.